The van der Waals surface area contributed by atoms with E-state index in [0.29, 0.717) is 22.4 Å². The van der Waals surface area contributed by atoms with Gasteiger partial charge in [-0.1, -0.05) is 18.2 Å². The number of anilines is 1. The molecule has 2 aromatic heterocycles. The molecule has 5 rings (SSSR count). The third-order valence-corrected chi connectivity index (χ3v) is 5.44. The smallest absolute Gasteiger partial charge is 0.296 e. The van der Waals surface area contributed by atoms with Crippen LogP contribution in [0.1, 0.15) is 33.3 Å². The van der Waals surface area contributed by atoms with Crippen LogP contribution in [0.25, 0.3) is 11.0 Å². The predicted octanol–water partition coefficient (Wildman–Crippen LogP) is 3.96. The fourth-order valence-electron chi connectivity index (χ4n) is 3.99. The van der Waals surface area contributed by atoms with Gasteiger partial charge in [0.2, 0.25) is 5.76 Å². The molecule has 1 amide bonds. The van der Waals surface area contributed by atoms with Crippen LogP contribution in [0.2, 0.25) is 0 Å². The SMILES string of the molecule is COc1cc([C@@H]2c3c(oc4ccccc4c3=O)C(=O)N2c2cc(C)ccn2)ccc1O. The Morgan fingerprint density at radius 3 is 2.68 bits per heavy atom. The number of carbonyl (C=O) groups is 1. The number of rotatable bonds is 3. The van der Waals surface area contributed by atoms with Crippen LogP contribution in [0, 0.1) is 6.92 Å². The van der Waals surface area contributed by atoms with Gasteiger partial charge in [-0.05, 0) is 54.4 Å². The number of pyridine rings is 1. The number of phenolic OH excluding ortho intramolecular Hbond substituents is 1. The first-order chi connectivity index (χ1) is 15.0. The first-order valence-electron chi connectivity index (χ1n) is 9.68. The summed E-state index contributed by atoms with van der Waals surface area (Å²) >= 11 is 0. The average Bonchev–Trinajstić information content (AvgIpc) is 3.07. The molecule has 3 heterocycles. The lowest BCUT2D eigenvalue weighted by Gasteiger charge is -2.24. The quantitative estimate of drug-likeness (QED) is 0.546. The van der Waals surface area contributed by atoms with E-state index in [0.717, 1.165) is 5.56 Å². The number of hydrogen-bond donors (Lipinski definition) is 1. The van der Waals surface area contributed by atoms with Crippen LogP contribution in [-0.4, -0.2) is 23.1 Å². The molecule has 31 heavy (non-hydrogen) atoms. The molecular weight excluding hydrogens is 396 g/mol. The summed E-state index contributed by atoms with van der Waals surface area (Å²) < 4.78 is 11.2. The zero-order chi connectivity index (χ0) is 21.7. The molecule has 7 nitrogen and oxygen atoms in total. The maximum absolute atomic E-state index is 13.5. The molecule has 7 heteroatoms. The van der Waals surface area contributed by atoms with Crippen molar-refractivity contribution < 1.29 is 19.1 Å². The monoisotopic (exact) mass is 414 g/mol. The van der Waals surface area contributed by atoms with E-state index >= 15 is 0 Å². The van der Waals surface area contributed by atoms with Crippen molar-refractivity contribution in [2.45, 2.75) is 13.0 Å². The molecule has 4 aromatic rings. The number of phenols is 1. The topological polar surface area (TPSA) is 92.9 Å². The van der Waals surface area contributed by atoms with Crippen LogP contribution in [0.15, 0.2) is 70.0 Å². The highest BCUT2D eigenvalue weighted by molar-refractivity contribution is 6.10. The van der Waals surface area contributed by atoms with Gasteiger partial charge < -0.3 is 14.3 Å². The molecule has 1 N–H and O–H groups in total. The lowest BCUT2D eigenvalue weighted by molar-refractivity contribution is 0.0970. The third-order valence-electron chi connectivity index (χ3n) is 5.44. The van der Waals surface area contributed by atoms with Gasteiger partial charge in [0.25, 0.3) is 5.91 Å². The van der Waals surface area contributed by atoms with Crippen molar-refractivity contribution in [1.82, 2.24) is 4.98 Å². The highest BCUT2D eigenvalue weighted by Crippen LogP contribution is 2.42. The number of aryl methyl sites for hydroxylation is 1. The number of aromatic hydroxyl groups is 1. The molecular formula is C24H18N2O5. The summed E-state index contributed by atoms with van der Waals surface area (Å²) in [4.78, 5) is 32.8. The van der Waals surface area contributed by atoms with Gasteiger partial charge in [-0.25, -0.2) is 4.98 Å². The van der Waals surface area contributed by atoms with Crippen LogP contribution in [0.5, 0.6) is 11.5 Å². The number of nitrogens with zero attached hydrogens (tertiary/aromatic N) is 2. The maximum Gasteiger partial charge on any atom is 0.296 e. The van der Waals surface area contributed by atoms with Gasteiger partial charge in [0.15, 0.2) is 16.9 Å². The van der Waals surface area contributed by atoms with E-state index in [2.05, 4.69) is 4.98 Å². The van der Waals surface area contributed by atoms with E-state index in [9.17, 15) is 14.7 Å². The van der Waals surface area contributed by atoms with E-state index in [1.165, 1.54) is 18.1 Å². The number of ether oxygens (including phenoxy) is 1. The molecule has 0 fully saturated rings. The van der Waals surface area contributed by atoms with E-state index in [1.807, 2.05) is 13.0 Å². The van der Waals surface area contributed by atoms with Crippen molar-refractivity contribution in [2.75, 3.05) is 12.0 Å². The standard InChI is InChI=1S/C24H18N2O5/c1-13-9-10-25-19(11-13)26-21(14-7-8-16(27)18(12-14)30-2)20-22(28)15-5-3-4-6-17(15)31-23(20)24(26)29/h3-12,21,27H,1-2H3/t21-/m1/s1. The van der Waals surface area contributed by atoms with Gasteiger partial charge in [-0.3, -0.25) is 14.5 Å². The van der Waals surface area contributed by atoms with Crippen molar-refractivity contribution in [3.05, 3.63) is 93.5 Å². The number of hydrogen-bond acceptors (Lipinski definition) is 6. The van der Waals surface area contributed by atoms with E-state index in [1.54, 1.807) is 48.7 Å². The Labute approximate surface area is 177 Å². The fraction of sp³-hybridized carbons (Fsp3) is 0.125. The van der Waals surface area contributed by atoms with Crippen LogP contribution < -0.4 is 15.1 Å². The van der Waals surface area contributed by atoms with Crippen LogP contribution in [0.3, 0.4) is 0 Å². The highest BCUT2D eigenvalue weighted by Gasteiger charge is 2.44. The number of fused-ring (bicyclic) bond motifs is 2. The minimum Gasteiger partial charge on any atom is -0.504 e. The number of benzene rings is 2. The second-order valence-electron chi connectivity index (χ2n) is 7.37. The van der Waals surface area contributed by atoms with Gasteiger partial charge in [0.05, 0.1) is 24.1 Å². The average molecular weight is 414 g/mol. The first kappa shape index (κ1) is 18.9. The van der Waals surface area contributed by atoms with E-state index in [-0.39, 0.29) is 28.3 Å². The number of aromatic nitrogens is 1. The maximum atomic E-state index is 13.5. The van der Waals surface area contributed by atoms with Crippen LogP contribution >= 0.6 is 0 Å². The summed E-state index contributed by atoms with van der Waals surface area (Å²) in [7, 11) is 1.44. The van der Waals surface area contributed by atoms with Gasteiger partial charge in [0.1, 0.15) is 11.4 Å². The molecule has 154 valence electrons. The van der Waals surface area contributed by atoms with Gasteiger partial charge in [-0.15, -0.1) is 0 Å². The second kappa shape index (κ2) is 6.98. The normalized spacial score (nSPS) is 15.4. The third kappa shape index (κ3) is 2.85. The Morgan fingerprint density at radius 2 is 1.90 bits per heavy atom. The lowest BCUT2D eigenvalue weighted by Crippen LogP contribution is -2.30. The van der Waals surface area contributed by atoms with Crippen LogP contribution in [-0.2, 0) is 0 Å². The Balaban J connectivity index is 1.83. The second-order valence-corrected chi connectivity index (χ2v) is 7.37. The number of amides is 1. The number of para-hydroxylation sites is 1. The zero-order valence-corrected chi connectivity index (χ0v) is 16.8. The summed E-state index contributed by atoms with van der Waals surface area (Å²) in [5.74, 6) is 0.135. The van der Waals surface area contributed by atoms with Crippen LogP contribution in [0.4, 0.5) is 5.82 Å². The largest absolute Gasteiger partial charge is 0.504 e. The Morgan fingerprint density at radius 1 is 1.10 bits per heavy atom. The lowest BCUT2D eigenvalue weighted by atomic mass is 9.98. The fourth-order valence-corrected chi connectivity index (χ4v) is 3.99. The van der Waals surface area contributed by atoms with Gasteiger partial charge in [-0.2, -0.15) is 0 Å². The zero-order valence-electron chi connectivity index (χ0n) is 16.8. The van der Waals surface area contributed by atoms with Crippen molar-refractivity contribution >= 4 is 22.7 Å². The van der Waals surface area contributed by atoms with Crippen molar-refractivity contribution in [1.29, 1.82) is 0 Å². The number of carbonyl (C=O) groups excluding carboxylic acids is 1. The molecule has 1 aliphatic rings. The number of methoxy groups -OCH3 is 1. The molecule has 1 aliphatic heterocycles. The van der Waals surface area contributed by atoms with Crippen molar-refractivity contribution in [3.63, 3.8) is 0 Å². The highest BCUT2D eigenvalue weighted by atomic mass is 16.5. The van der Waals surface area contributed by atoms with Crippen molar-refractivity contribution in [3.8, 4) is 11.5 Å². The molecule has 0 spiro atoms. The Bertz CT molecular complexity index is 1410. The molecule has 0 saturated heterocycles. The Hall–Kier alpha value is -4.13. The van der Waals surface area contributed by atoms with E-state index < -0.39 is 11.9 Å². The minimum absolute atomic E-state index is 0.0101. The molecule has 0 radical (unpaired) electrons. The predicted molar refractivity (Wildman–Crippen MR) is 115 cm³/mol. The van der Waals surface area contributed by atoms with Gasteiger partial charge in [0, 0.05) is 6.20 Å². The summed E-state index contributed by atoms with van der Waals surface area (Å²) in [5.41, 5.74) is 1.81. The summed E-state index contributed by atoms with van der Waals surface area (Å²) in [6, 6.07) is 14.4. The summed E-state index contributed by atoms with van der Waals surface area (Å²) in [6.07, 6.45) is 1.61. The Kier molecular flexibility index (Phi) is 4.25. The molecule has 0 saturated carbocycles. The van der Waals surface area contributed by atoms with Gasteiger partial charge >= 0.3 is 0 Å². The first-order valence-corrected chi connectivity index (χ1v) is 9.68. The minimum atomic E-state index is -0.785. The molecule has 0 unspecified atom stereocenters. The summed E-state index contributed by atoms with van der Waals surface area (Å²) in [5, 5.41) is 10.4. The molecule has 1 atom stereocenters. The van der Waals surface area contributed by atoms with E-state index in [4.69, 9.17) is 9.15 Å². The summed E-state index contributed by atoms with van der Waals surface area (Å²) in [6.45, 7) is 1.90. The van der Waals surface area contributed by atoms with Crippen molar-refractivity contribution in [2.24, 2.45) is 0 Å². The molecule has 0 bridgehead atoms. The molecule has 0 aliphatic carbocycles. The molecule has 2 aromatic carbocycles.